The van der Waals surface area contributed by atoms with Gasteiger partial charge in [0.05, 0.1) is 11.4 Å². The van der Waals surface area contributed by atoms with Gasteiger partial charge in [0, 0.05) is 24.5 Å². The second kappa shape index (κ2) is 5.00. The van der Waals surface area contributed by atoms with Crippen LogP contribution in [-0.2, 0) is 11.2 Å². The van der Waals surface area contributed by atoms with Gasteiger partial charge in [-0.15, -0.1) is 11.3 Å². The Labute approximate surface area is 75.8 Å². The van der Waals surface area contributed by atoms with Crippen LogP contribution in [0.25, 0.3) is 0 Å². The Hall–Kier alpha value is -0.740. The second-order valence-electron chi connectivity index (χ2n) is 2.49. The van der Waals surface area contributed by atoms with E-state index in [0.717, 1.165) is 11.6 Å². The van der Waals surface area contributed by atoms with Gasteiger partial charge >= 0.3 is 0 Å². The minimum Gasteiger partial charge on any atom is -0.319 e. The number of carbonyl (C=O) groups is 1. The van der Waals surface area contributed by atoms with Crippen molar-refractivity contribution in [2.75, 3.05) is 13.6 Å². The lowest BCUT2D eigenvalue weighted by atomic mass is 10.2. The predicted molar refractivity (Wildman–Crippen MR) is 49.4 cm³/mol. The second-order valence-corrected chi connectivity index (χ2v) is 3.47. The summed E-state index contributed by atoms with van der Waals surface area (Å²) in [6.07, 6.45) is 2.81. The first-order valence-corrected chi connectivity index (χ1v) is 4.75. The Morgan fingerprint density at radius 3 is 3.17 bits per heavy atom. The molecule has 1 heterocycles. The van der Waals surface area contributed by atoms with Crippen molar-refractivity contribution in [3.8, 4) is 0 Å². The quantitative estimate of drug-likeness (QED) is 0.738. The first-order valence-electron chi connectivity index (χ1n) is 3.87. The Bertz CT molecular complexity index is 233. The van der Waals surface area contributed by atoms with E-state index in [9.17, 15) is 4.79 Å². The van der Waals surface area contributed by atoms with Crippen LogP contribution in [0.1, 0.15) is 11.4 Å². The fraction of sp³-hybridized carbons (Fsp3) is 0.500. The normalized spacial score (nSPS) is 10.1. The molecule has 0 saturated carbocycles. The van der Waals surface area contributed by atoms with Gasteiger partial charge in [-0.3, -0.25) is 4.79 Å². The number of hydrogen-bond donors (Lipinski definition) is 1. The zero-order valence-corrected chi connectivity index (χ0v) is 7.86. The molecular formula is C8H12N2OS. The third kappa shape index (κ3) is 3.11. The molecule has 0 unspecified atom stereocenters. The summed E-state index contributed by atoms with van der Waals surface area (Å²) in [5.74, 6) is 0.249. The Balaban J connectivity index is 2.27. The molecule has 1 aromatic rings. The van der Waals surface area contributed by atoms with Crippen LogP contribution in [0.2, 0.25) is 0 Å². The summed E-state index contributed by atoms with van der Waals surface area (Å²) in [5, 5.41) is 5.74. The molecule has 66 valence electrons. The van der Waals surface area contributed by atoms with Crippen molar-refractivity contribution in [3.05, 3.63) is 16.6 Å². The molecule has 0 spiro atoms. The van der Waals surface area contributed by atoms with Crippen molar-refractivity contribution < 1.29 is 4.79 Å². The lowest BCUT2D eigenvalue weighted by Gasteiger charge is -1.96. The van der Waals surface area contributed by atoms with E-state index in [2.05, 4.69) is 10.3 Å². The molecule has 0 radical (unpaired) electrons. The van der Waals surface area contributed by atoms with Crippen LogP contribution < -0.4 is 5.32 Å². The van der Waals surface area contributed by atoms with Crippen molar-refractivity contribution in [1.82, 2.24) is 10.3 Å². The zero-order valence-electron chi connectivity index (χ0n) is 7.04. The molecule has 0 atom stereocenters. The fourth-order valence-corrected chi connectivity index (χ4v) is 1.51. The Morgan fingerprint density at radius 2 is 2.58 bits per heavy atom. The highest BCUT2D eigenvalue weighted by molar-refractivity contribution is 7.09. The van der Waals surface area contributed by atoms with Gasteiger partial charge < -0.3 is 5.32 Å². The average molecular weight is 184 g/mol. The number of hydrogen-bond acceptors (Lipinski definition) is 4. The molecule has 12 heavy (non-hydrogen) atoms. The van der Waals surface area contributed by atoms with Gasteiger partial charge in [0.25, 0.3) is 0 Å². The molecule has 0 aliphatic rings. The minimum absolute atomic E-state index is 0.249. The van der Waals surface area contributed by atoms with Gasteiger partial charge in [0.15, 0.2) is 0 Å². The van der Waals surface area contributed by atoms with Gasteiger partial charge in [0.1, 0.15) is 5.78 Å². The number of ketones is 1. The molecule has 0 saturated heterocycles. The highest BCUT2D eigenvalue weighted by atomic mass is 32.1. The van der Waals surface area contributed by atoms with Crippen LogP contribution >= 0.6 is 11.3 Å². The summed E-state index contributed by atoms with van der Waals surface area (Å²) in [6, 6.07) is 0. The van der Waals surface area contributed by atoms with E-state index in [1.807, 2.05) is 12.4 Å². The number of nitrogens with one attached hydrogen (secondary N) is 1. The predicted octanol–water partition coefficient (Wildman–Crippen LogP) is 0.864. The van der Waals surface area contributed by atoms with Crippen molar-refractivity contribution >= 4 is 17.1 Å². The zero-order chi connectivity index (χ0) is 8.81. The summed E-state index contributed by atoms with van der Waals surface area (Å²) >= 11 is 1.53. The number of thiazole rings is 1. The molecule has 1 aromatic heterocycles. The third-order valence-electron chi connectivity index (χ3n) is 1.49. The van der Waals surface area contributed by atoms with E-state index < -0.39 is 0 Å². The summed E-state index contributed by atoms with van der Waals surface area (Å²) in [5.41, 5.74) is 0. The third-order valence-corrected chi connectivity index (χ3v) is 2.27. The summed E-state index contributed by atoms with van der Waals surface area (Å²) in [7, 11) is 1.84. The molecule has 1 rings (SSSR count). The minimum atomic E-state index is 0.249. The van der Waals surface area contributed by atoms with Crippen molar-refractivity contribution in [2.24, 2.45) is 0 Å². The fourth-order valence-electron chi connectivity index (χ4n) is 0.862. The van der Waals surface area contributed by atoms with Crippen LogP contribution in [0.5, 0.6) is 0 Å². The van der Waals surface area contributed by atoms with Crippen LogP contribution in [0.15, 0.2) is 11.6 Å². The highest BCUT2D eigenvalue weighted by Crippen LogP contribution is 2.05. The molecule has 0 bridgehead atoms. The van der Waals surface area contributed by atoms with E-state index >= 15 is 0 Å². The van der Waals surface area contributed by atoms with E-state index in [-0.39, 0.29) is 5.78 Å². The van der Waals surface area contributed by atoms with Gasteiger partial charge in [-0.2, -0.15) is 0 Å². The van der Waals surface area contributed by atoms with Crippen LogP contribution in [0.3, 0.4) is 0 Å². The number of carbonyl (C=O) groups excluding carboxylic acids is 1. The lowest BCUT2D eigenvalue weighted by Crippen LogP contribution is -2.14. The van der Waals surface area contributed by atoms with Crippen LogP contribution in [0, 0.1) is 0 Å². The first kappa shape index (κ1) is 9.35. The molecule has 0 aliphatic heterocycles. The molecule has 0 amide bonds. The van der Waals surface area contributed by atoms with E-state index in [4.69, 9.17) is 0 Å². The van der Waals surface area contributed by atoms with E-state index in [1.165, 1.54) is 11.3 Å². The topological polar surface area (TPSA) is 42.0 Å². The average Bonchev–Trinajstić information content (AvgIpc) is 2.53. The van der Waals surface area contributed by atoms with Crippen molar-refractivity contribution in [2.45, 2.75) is 12.8 Å². The van der Waals surface area contributed by atoms with E-state index in [1.54, 1.807) is 6.20 Å². The smallest absolute Gasteiger partial charge is 0.140 e. The molecule has 4 heteroatoms. The maximum absolute atomic E-state index is 11.2. The maximum atomic E-state index is 11.2. The van der Waals surface area contributed by atoms with Crippen molar-refractivity contribution in [3.63, 3.8) is 0 Å². The number of aromatic nitrogens is 1. The number of nitrogens with zero attached hydrogens (tertiary/aromatic N) is 1. The Kier molecular flexibility index (Phi) is 3.90. The highest BCUT2D eigenvalue weighted by Gasteiger charge is 2.03. The largest absolute Gasteiger partial charge is 0.319 e. The van der Waals surface area contributed by atoms with E-state index in [0.29, 0.717) is 12.8 Å². The number of Topliss-reactive ketones (excluding diaryl/α,β-unsaturated/α-hetero) is 1. The first-order chi connectivity index (χ1) is 5.83. The summed E-state index contributed by atoms with van der Waals surface area (Å²) < 4.78 is 0. The van der Waals surface area contributed by atoms with Gasteiger partial charge in [-0.05, 0) is 7.05 Å². The SMILES string of the molecule is CNCCC(=O)Cc1nccs1. The summed E-state index contributed by atoms with van der Waals surface area (Å²) in [6.45, 7) is 0.754. The molecule has 0 aliphatic carbocycles. The van der Waals surface area contributed by atoms with Gasteiger partial charge in [-0.25, -0.2) is 4.98 Å². The molecular weight excluding hydrogens is 172 g/mol. The van der Waals surface area contributed by atoms with Gasteiger partial charge in [0.2, 0.25) is 0 Å². The molecule has 0 fully saturated rings. The molecule has 3 nitrogen and oxygen atoms in total. The number of rotatable bonds is 5. The van der Waals surface area contributed by atoms with Crippen LogP contribution in [0.4, 0.5) is 0 Å². The van der Waals surface area contributed by atoms with Crippen LogP contribution in [-0.4, -0.2) is 24.4 Å². The maximum Gasteiger partial charge on any atom is 0.140 e. The standard InChI is InChI=1S/C8H12N2OS/c1-9-3-2-7(11)6-8-10-4-5-12-8/h4-5,9H,2-3,6H2,1H3. The molecule has 0 aromatic carbocycles. The molecule has 1 N–H and O–H groups in total. The van der Waals surface area contributed by atoms with Gasteiger partial charge in [-0.1, -0.05) is 0 Å². The lowest BCUT2D eigenvalue weighted by molar-refractivity contribution is -0.118. The monoisotopic (exact) mass is 184 g/mol. The summed E-state index contributed by atoms with van der Waals surface area (Å²) in [4.78, 5) is 15.2. The van der Waals surface area contributed by atoms with Crippen molar-refractivity contribution in [1.29, 1.82) is 0 Å². The Morgan fingerprint density at radius 1 is 1.75 bits per heavy atom.